The maximum atomic E-state index is 13.5. The Hall–Kier alpha value is -3.33. The highest BCUT2D eigenvalue weighted by atomic mass is 16.3. The van der Waals surface area contributed by atoms with Gasteiger partial charge in [-0.15, -0.1) is 0 Å². The van der Waals surface area contributed by atoms with Crippen LogP contribution in [0.2, 0.25) is 0 Å². The summed E-state index contributed by atoms with van der Waals surface area (Å²) in [5.74, 6) is 1.64. The van der Waals surface area contributed by atoms with Crippen LogP contribution in [0.3, 0.4) is 0 Å². The number of nitrogens with zero attached hydrogens (tertiary/aromatic N) is 1. The van der Waals surface area contributed by atoms with Gasteiger partial charge in [-0.3, -0.25) is 4.79 Å². The van der Waals surface area contributed by atoms with Gasteiger partial charge < -0.3 is 9.32 Å². The van der Waals surface area contributed by atoms with E-state index in [-0.39, 0.29) is 5.91 Å². The van der Waals surface area contributed by atoms with E-state index in [1.807, 2.05) is 96.8 Å². The third-order valence-electron chi connectivity index (χ3n) is 4.67. The number of rotatable bonds is 5. The fraction of sp³-hybridized carbons (Fsp3) is 0.125. The van der Waals surface area contributed by atoms with Gasteiger partial charge in [0, 0.05) is 12.1 Å². The van der Waals surface area contributed by atoms with Crippen LogP contribution in [-0.4, -0.2) is 10.8 Å². The molecule has 0 fully saturated rings. The first-order valence-corrected chi connectivity index (χ1v) is 9.07. The molecule has 1 aromatic heterocycles. The molecule has 27 heavy (non-hydrogen) atoms. The van der Waals surface area contributed by atoms with Crippen LogP contribution in [0, 0.1) is 6.92 Å². The van der Waals surface area contributed by atoms with Crippen LogP contribution < -0.4 is 0 Å². The number of hydrogen-bond donors (Lipinski definition) is 0. The van der Waals surface area contributed by atoms with Crippen molar-refractivity contribution < 1.29 is 9.21 Å². The molecule has 0 saturated heterocycles. The molecule has 1 heterocycles. The number of aryl methyl sites for hydroxylation is 1. The first kappa shape index (κ1) is 17.1. The Kier molecular flexibility index (Phi) is 4.75. The fourth-order valence-electron chi connectivity index (χ4n) is 3.34. The zero-order chi connectivity index (χ0) is 18.6. The summed E-state index contributed by atoms with van der Waals surface area (Å²) >= 11 is 0. The molecule has 0 N–H and O–H groups in total. The van der Waals surface area contributed by atoms with E-state index in [0.29, 0.717) is 18.7 Å². The molecule has 0 aliphatic heterocycles. The molecular formula is C24H21NO2. The second-order valence-corrected chi connectivity index (χ2v) is 6.69. The number of amides is 1. The number of fused-ring (bicyclic) bond motifs is 1. The van der Waals surface area contributed by atoms with E-state index in [9.17, 15) is 4.79 Å². The summed E-state index contributed by atoms with van der Waals surface area (Å²) in [6.45, 7) is 2.88. The Bertz CT molecular complexity index is 1060. The van der Waals surface area contributed by atoms with Crippen molar-refractivity contribution in [3.05, 3.63) is 108 Å². The Labute approximate surface area is 158 Å². The smallest absolute Gasteiger partial charge is 0.255 e. The van der Waals surface area contributed by atoms with Crippen molar-refractivity contribution in [3.8, 4) is 0 Å². The summed E-state index contributed by atoms with van der Waals surface area (Å²) in [6, 6.07) is 27.8. The average Bonchev–Trinajstić information content (AvgIpc) is 3.12. The van der Waals surface area contributed by atoms with Crippen LogP contribution in [-0.2, 0) is 13.1 Å². The lowest BCUT2D eigenvalue weighted by molar-refractivity contribution is 0.0719. The fourth-order valence-corrected chi connectivity index (χ4v) is 3.34. The molecule has 3 heteroatoms. The molecule has 0 atom stereocenters. The molecule has 0 spiro atoms. The van der Waals surface area contributed by atoms with E-state index < -0.39 is 0 Å². The zero-order valence-corrected chi connectivity index (χ0v) is 15.3. The molecule has 0 radical (unpaired) electrons. The molecule has 134 valence electrons. The van der Waals surface area contributed by atoms with Crippen LogP contribution in [0.25, 0.3) is 10.8 Å². The lowest BCUT2D eigenvalue weighted by Crippen LogP contribution is -2.30. The van der Waals surface area contributed by atoms with Crippen LogP contribution in [0.15, 0.2) is 89.3 Å². The quantitative estimate of drug-likeness (QED) is 0.468. The molecule has 4 aromatic rings. The molecule has 0 aliphatic rings. The summed E-state index contributed by atoms with van der Waals surface area (Å²) in [4.78, 5) is 15.3. The molecule has 3 aromatic carbocycles. The standard InChI is InChI=1S/C24H21NO2/c1-18-14-15-21(27-18)17-25(16-19-8-3-2-4-9-19)24(26)23-13-7-11-20-10-5-6-12-22(20)23/h2-15H,16-17H2,1H3. The number of furan rings is 1. The van der Waals surface area contributed by atoms with Crippen molar-refractivity contribution in [3.63, 3.8) is 0 Å². The predicted octanol–water partition coefficient (Wildman–Crippen LogP) is 5.58. The normalized spacial score (nSPS) is 10.9. The third-order valence-corrected chi connectivity index (χ3v) is 4.67. The molecule has 0 aliphatic carbocycles. The number of hydrogen-bond acceptors (Lipinski definition) is 2. The number of benzene rings is 3. The lowest BCUT2D eigenvalue weighted by Gasteiger charge is -2.23. The van der Waals surface area contributed by atoms with Gasteiger partial charge >= 0.3 is 0 Å². The van der Waals surface area contributed by atoms with E-state index in [0.717, 1.165) is 27.9 Å². The third kappa shape index (κ3) is 3.77. The maximum absolute atomic E-state index is 13.5. The summed E-state index contributed by atoms with van der Waals surface area (Å²) < 4.78 is 5.73. The zero-order valence-electron chi connectivity index (χ0n) is 15.3. The van der Waals surface area contributed by atoms with Crippen LogP contribution >= 0.6 is 0 Å². The molecule has 0 unspecified atom stereocenters. The van der Waals surface area contributed by atoms with Gasteiger partial charge in [-0.25, -0.2) is 0 Å². The van der Waals surface area contributed by atoms with Crippen molar-refractivity contribution >= 4 is 16.7 Å². The van der Waals surface area contributed by atoms with Crippen molar-refractivity contribution in [1.82, 2.24) is 4.90 Å². The van der Waals surface area contributed by atoms with E-state index in [2.05, 4.69) is 0 Å². The van der Waals surface area contributed by atoms with Crippen molar-refractivity contribution in [2.75, 3.05) is 0 Å². The van der Waals surface area contributed by atoms with E-state index in [1.165, 1.54) is 0 Å². The van der Waals surface area contributed by atoms with Gasteiger partial charge in [-0.1, -0.05) is 66.7 Å². The van der Waals surface area contributed by atoms with Gasteiger partial charge in [-0.05, 0) is 41.5 Å². The Balaban J connectivity index is 1.71. The number of carbonyl (C=O) groups excluding carboxylic acids is 1. The summed E-state index contributed by atoms with van der Waals surface area (Å²) in [5, 5.41) is 2.04. The molecule has 1 amide bonds. The van der Waals surface area contributed by atoms with E-state index >= 15 is 0 Å². The number of carbonyl (C=O) groups is 1. The van der Waals surface area contributed by atoms with Crippen molar-refractivity contribution in [2.45, 2.75) is 20.0 Å². The summed E-state index contributed by atoms with van der Waals surface area (Å²) in [5.41, 5.74) is 1.81. The SMILES string of the molecule is Cc1ccc(CN(Cc2ccccc2)C(=O)c2cccc3ccccc23)o1. The van der Waals surface area contributed by atoms with Crippen molar-refractivity contribution in [1.29, 1.82) is 0 Å². The van der Waals surface area contributed by atoms with E-state index in [4.69, 9.17) is 4.42 Å². The molecular weight excluding hydrogens is 334 g/mol. The van der Waals surface area contributed by atoms with Crippen LogP contribution in [0.1, 0.15) is 27.4 Å². The largest absolute Gasteiger partial charge is 0.464 e. The Morgan fingerprint density at radius 3 is 2.33 bits per heavy atom. The summed E-state index contributed by atoms with van der Waals surface area (Å²) in [6.07, 6.45) is 0. The highest BCUT2D eigenvalue weighted by Crippen LogP contribution is 2.22. The minimum absolute atomic E-state index is 0.00436. The molecule has 3 nitrogen and oxygen atoms in total. The predicted molar refractivity (Wildman–Crippen MR) is 107 cm³/mol. The Morgan fingerprint density at radius 2 is 1.56 bits per heavy atom. The van der Waals surface area contributed by atoms with Gasteiger partial charge in [0.1, 0.15) is 11.5 Å². The van der Waals surface area contributed by atoms with Gasteiger partial charge in [0.15, 0.2) is 0 Å². The minimum Gasteiger partial charge on any atom is -0.464 e. The average molecular weight is 355 g/mol. The minimum atomic E-state index is 0.00436. The Morgan fingerprint density at radius 1 is 0.815 bits per heavy atom. The first-order chi connectivity index (χ1) is 13.2. The first-order valence-electron chi connectivity index (χ1n) is 9.07. The highest BCUT2D eigenvalue weighted by Gasteiger charge is 2.20. The highest BCUT2D eigenvalue weighted by molar-refractivity contribution is 6.06. The van der Waals surface area contributed by atoms with Gasteiger partial charge in [0.05, 0.1) is 6.54 Å². The second kappa shape index (κ2) is 7.50. The lowest BCUT2D eigenvalue weighted by atomic mass is 10.0. The molecule has 0 saturated carbocycles. The van der Waals surface area contributed by atoms with Gasteiger partial charge in [0.25, 0.3) is 5.91 Å². The van der Waals surface area contributed by atoms with E-state index in [1.54, 1.807) is 0 Å². The van der Waals surface area contributed by atoms with Crippen LogP contribution in [0.4, 0.5) is 0 Å². The monoisotopic (exact) mass is 355 g/mol. The van der Waals surface area contributed by atoms with Crippen molar-refractivity contribution in [2.24, 2.45) is 0 Å². The second-order valence-electron chi connectivity index (χ2n) is 6.69. The molecule has 0 bridgehead atoms. The maximum Gasteiger partial charge on any atom is 0.255 e. The van der Waals surface area contributed by atoms with Gasteiger partial charge in [-0.2, -0.15) is 0 Å². The topological polar surface area (TPSA) is 33.5 Å². The molecule has 4 rings (SSSR count). The van der Waals surface area contributed by atoms with Gasteiger partial charge in [0.2, 0.25) is 0 Å². The summed E-state index contributed by atoms with van der Waals surface area (Å²) in [7, 11) is 0. The van der Waals surface area contributed by atoms with Crippen LogP contribution in [0.5, 0.6) is 0 Å².